The molecule has 4 saturated carbocycles. The lowest BCUT2D eigenvalue weighted by molar-refractivity contribution is -0.142. The van der Waals surface area contributed by atoms with E-state index in [-0.39, 0.29) is 31.4 Å². The Hall–Kier alpha value is -4.64. The monoisotopic (exact) mass is 851 g/mol. The Morgan fingerprint density at radius 2 is 1.82 bits per heavy atom. The summed E-state index contributed by atoms with van der Waals surface area (Å²) in [7, 11) is -2.31. The second-order valence-corrected chi connectivity index (χ2v) is 19.1. The predicted molar refractivity (Wildman–Crippen MR) is 219 cm³/mol. The molecule has 6 aliphatic rings. The number of pyridine rings is 1. The fourth-order valence-electron chi connectivity index (χ4n) is 9.56. The van der Waals surface area contributed by atoms with Crippen LogP contribution < -0.4 is 29.6 Å². The summed E-state index contributed by atoms with van der Waals surface area (Å²) >= 11 is 0. The minimum absolute atomic E-state index is 0.0215. The Morgan fingerprint density at radius 1 is 1.03 bits per heavy atom. The molecule has 326 valence electrons. The summed E-state index contributed by atoms with van der Waals surface area (Å²) in [4.78, 5) is 63.3. The fraction of sp³-hybridized carbons (Fsp3) is 0.651. The number of aromatic nitrogens is 1. The Bertz CT molecular complexity index is 2110. The predicted octanol–water partition coefficient (Wildman–Crippen LogP) is 4.22. The summed E-state index contributed by atoms with van der Waals surface area (Å²) in [6.45, 7) is 6.44. The summed E-state index contributed by atoms with van der Waals surface area (Å²) < 4.78 is 58.6. The van der Waals surface area contributed by atoms with Crippen molar-refractivity contribution in [2.75, 3.05) is 26.9 Å². The molecule has 5 fully saturated rings. The number of sulfonamides is 1. The third kappa shape index (κ3) is 8.74. The first-order chi connectivity index (χ1) is 28.9. The molecule has 1 saturated heterocycles. The van der Waals surface area contributed by atoms with Crippen molar-refractivity contribution >= 4 is 44.7 Å². The number of rotatable bonds is 10. The highest BCUT2D eigenvalue weighted by molar-refractivity contribution is 7.91. The van der Waals surface area contributed by atoms with Crippen LogP contribution in [0.15, 0.2) is 30.9 Å². The zero-order valence-electron chi connectivity index (χ0n) is 34.4. The molecule has 1 aromatic carbocycles. The topological polar surface area (TPSA) is 201 Å². The minimum Gasteiger partial charge on any atom is -0.496 e. The van der Waals surface area contributed by atoms with Crippen LogP contribution in [0.5, 0.6) is 17.4 Å². The lowest BCUT2D eigenvalue weighted by Crippen LogP contribution is -2.59. The van der Waals surface area contributed by atoms with Gasteiger partial charge in [-0.2, -0.15) is 0 Å². The van der Waals surface area contributed by atoms with E-state index in [0.29, 0.717) is 86.4 Å². The van der Waals surface area contributed by atoms with Crippen LogP contribution in [0.1, 0.15) is 96.0 Å². The molecule has 3 heterocycles. The van der Waals surface area contributed by atoms with Crippen LogP contribution >= 0.6 is 0 Å². The molecule has 2 aromatic rings. The number of methoxy groups -OCH3 is 1. The van der Waals surface area contributed by atoms with E-state index in [1.807, 2.05) is 19.1 Å². The Kier molecular flexibility index (Phi) is 12.2. The number of aryl methyl sites for hydroxylation is 1. The molecular formula is C43H57N5O11S. The van der Waals surface area contributed by atoms with Gasteiger partial charge in [-0.25, -0.2) is 18.2 Å². The van der Waals surface area contributed by atoms with Crippen LogP contribution in [-0.2, 0) is 40.3 Å². The summed E-state index contributed by atoms with van der Waals surface area (Å²) in [5.74, 6) is -1.27. The molecule has 60 heavy (non-hydrogen) atoms. The first-order valence-electron chi connectivity index (χ1n) is 21.6. The quantitative estimate of drug-likeness (QED) is 0.288. The van der Waals surface area contributed by atoms with E-state index >= 15 is 4.79 Å². The fourth-order valence-corrected chi connectivity index (χ4v) is 10.9. The molecular weight excluding hydrogens is 795 g/mol. The average molecular weight is 852 g/mol. The number of hydrogen-bond acceptors (Lipinski definition) is 12. The van der Waals surface area contributed by atoms with Gasteiger partial charge in [0.15, 0.2) is 0 Å². The number of carbonyl (C=O) groups is 4. The second kappa shape index (κ2) is 17.4. The van der Waals surface area contributed by atoms with Crippen LogP contribution in [0.25, 0.3) is 10.9 Å². The van der Waals surface area contributed by atoms with Gasteiger partial charge in [0.05, 0.1) is 37.1 Å². The third-order valence-electron chi connectivity index (χ3n) is 13.1. The van der Waals surface area contributed by atoms with E-state index in [2.05, 4.69) is 21.9 Å². The Labute approximate surface area is 350 Å². The van der Waals surface area contributed by atoms with Crippen molar-refractivity contribution in [2.24, 2.45) is 11.8 Å². The van der Waals surface area contributed by atoms with Gasteiger partial charge >= 0.3 is 6.09 Å². The van der Waals surface area contributed by atoms with Gasteiger partial charge in [0.2, 0.25) is 27.7 Å². The van der Waals surface area contributed by atoms with Gasteiger partial charge in [0.1, 0.15) is 41.3 Å². The number of hydrogen-bond donors (Lipinski definition) is 3. The number of amides is 4. The first kappa shape index (κ1) is 42.1. The lowest BCUT2D eigenvalue weighted by atomic mass is 9.83. The highest BCUT2D eigenvalue weighted by Crippen LogP contribution is 2.46. The van der Waals surface area contributed by atoms with Crippen LogP contribution in [0.4, 0.5) is 4.79 Å². The number of carbonyl (C=O) groups excluding carboxylic acids is 4. The summed E-state index contributed by atoms with van der Waals surface area (Å²) in [5.41, 5.74) is -0.0821. The van der Waals surface area contributed by atoms with Gasteiger partial charge in [0.25, 0.3) is 5.91 Å². The van der Waals surface area contributed by atoms with Crippen LogP contribution in [0.2, 0.25) is 0 Å². The molecule has 3 N–H and O–H groups in total. The standard InChI is InChI=1S/C43H57N5O11S/c1-4-27-23-43(27,41(51)47-60(53,54)29-16-17-29)46-39(49)32-20-28-24-48(32)40(50)38(25-11-7-6-8-12-25)45-42(52)59-34-15-9-14-33(34)57-18-10-13-26-19-30-31(21-35(26)55-3)44-37(56-5-2)22-36(30)58-28/h4,19,21-22,25,27-29,32-34,38H,1,5-18,20,23-24H2,2-3H3,(H,45,52)(H,46,49)(H,47,51)/t27-,28-,32+,33+,34?,38+,43-/m1/s1. The van der Waals surface area contributed by atoms with E-state index in [1.54, 1.807) is 13.2 Å². The van der Waals surface area contributed by atoms with Crippen molar-refractivity contribution < 1.29 is 51.3 Å². The van der Waals surface area contributed by atoms with Crippen molar-refractivity contribution in [3.05, 3.63) is 36.4 Å². The van der Waals surface area contributed by atoms with Gasteiger partial charge in [-0.15, -0.1) is 6.58 Å². The van der Waals surface area contributed by atoms with Crippen molar-refractivity contribution in [1.29, 1.82) is 0 Å². The average Bonchev–Trinajstić information content (AvgIpc) is 4.13. The van der Waals surface area contributed by atoms with E-state index in [4.69, 9.17) is 28.7 Å². The smallest absolute Gasteiger partial charge is 0.408 e. The van der Waals surface area contributed by atoms with Gasteiger partial charge in [-0.05, 0) is 88.7 Å². The number of ether oxygens (including phenoxy) is 5. The number of benzene rings is 1. The van der Waals surface area contributed by atoms with Gasteiger partial charge in [-0.3, -0.25) is 19.1 Å². The largest absolute Gasteiger partial charge is 0.496 e. The zero-order valence-corrected chi connectivity index (χ0v) is 35.3. The maximum absolute atomic E-state index is 15.1. The Morgan fingerprint density at radius 3 is 2.53 bits per heavy atom. The molecule has 4 amide bonds. The number of nitrogens with zero attached hydrogens (tertiary/aromatic N) is 2. The zero-order chi connectivity index (χ0) is 42.2. The highest BCUT2D eigenvalue weighted by atomic mass is 32.2. The first-order valence-corrected chi connectivity index (χ1v) is 23.2. The highest BCUT2D eigenvalue weighted by Gasteiger charge is 2.62. The maximum Gasteiger partial charge on any atom is 0.408 e. The minimum atomic E-state index is -3.92. The molecule has 7 atom stereocenters. The van der Waals surface area contributed by atoms with E-state index < -0.39 is 74.8 Å². The molecule has 0 radical (unpaired) electrons. The summed E-state index contributed by atoms with van der Waals surface area (Å²) in [6.07, 6.45) is 8.07. The number of alkyl carbamates (subject to hydrolysis) is 1. The van der Waals surface area contributed by atoms with E-state index in [0.717, 1.165) is 37.7 Å². The number of fused-ring (bicyclic) bond motifs is 4. The molecule has 0 spiro atoms. The molecule has 1 aromatic heterocycles. The molecule has 4 bridgehead atoms. The van der Waals surface area contributed by atoms with Crippen molar-refractivity contribution in [1.82, 2.24) is 25.2 Å². The lowest BCUT2D eigenvalue weighted by Gasteiger charge is -2.35. The van der Waals surface area contributed by atoms with E-state index in [9.17, 15) is 22.8 Å². The number of nitrogens with one attached hydrogen (secondary N) is 3. The van der Waals surface area contributed by atoms with Crippen LogP contribution in [-0.4, -0.2) is 110 Å². The SMILES string of the molecule is C=C[C@@H]1C[C@]1(NC(=O)[C@@H]1C[C@@H]2CN1C(=O)[C@H](C1CCCCC1)NC(=O)OC1CCC[C@@H]1OCCCc1cc3c(cc(OCC)nc3cc1OC)O2)C(=O)NS(=O)(=O)C1CC1. The van der Waals surface area contributed by atoms with E-state index in [1.165, 1.54) is 11.0 Å². The molecule has 16 nitrogen and oxygen atoms in total. The summed E-state index contributed by atoms with van der Waals surface area (Å²) in [6, 6.07) is 3.38. The van der Waals surface area contributed by atoms with Crippen molar-refractivity contribution in [3.63, 3.8) is 0 Å². The van der Waals surface area contributed by atoms with Crippen LogP contribution in [0.3, 0.4) is 0 Å². The normalized spacial score (nSPS) is 30.1. The van der Waals surface area contributed by atoms with Crippen molar-refractivity contribution in [2.45, 2.75) is 138 Å². The molecule has 4 aliphatic carbocycles. The second-order valence-electron chi connectivity index (χ2n) is 17.1. The van der Waals surface area contributed by atoms with Crippen molar-refractivity contribution in [3.8, 4) is 17.4 Å². The molecule has 1 unspecified atom stereocenters. The molecule has 17 heteroatoms. The Balaban J connectivity index is 1.16. The van der Waals surface area contributed by atoms with Gasteiger partial charge in [-0.1, -0.05) is 25.3 Å². The van der Waals surface area contributed by atoms with Crippen LogP contribution in [0, 0.1) is 11.8 Å². The molecule has 8 rings (SSSR count). The van der Waals surface area contributed by atoms with Gasteiger partial charge < -0.3 is 39.2 Å². The summed E-state index contributed by atoms with van der Waals surface area (Å²) in [5, 5.41) is 5.84. The van der Waals surface area contributed by atoms with Gasteiger partial charge in [0, 0.05) is 36.5 Å². The third-order valence-corrected chi connectivity index (χ3v) is 14.9. The maximum atomic E-state index is 15.1. The molecule has 2 aliphatic heterocycles.